The first-order chi connectivity index (χ1) is 7.10. The van der Waals surface area contributed by atoms with E-state index in [1.807, 2.05) is 6.92 Å². The van der Waals surface area contributed by atoms with Gasteiger partial charge in [-0.3, -0.25) is 9.59 Å². The Balaban J connectivity index is 2.56. The maximum Gasteiger partial charge on any atom is 0.310 e. The van der Waals surface area contributed by atoms with Gasteiger partial charge in [0.1, 0.15) is 0 Å². The van der Waals surface area contributed by atoms with Crippen LogP contribution in [-0.2, 0) is 14.3 Å². The first kappa shape index (κ1) is 12.0. The number of carbonyl (C=O) groups is 2. The highest BCUT2D eigenvalue weighted by Gasteiger charge is 2.36. The van der Waals surface area contributed by atoms with Crippen molar-refractivity contribution in [1.29, 1.82) is 0 Å². The van der Waals surface area contributed by atoms with Gasteiger partial charge in [-0.25, -0.2) is 0 Å². The van der Waals surface area contributed by atoms with Crippen LogP contribution in [0.5, 0.6) is 0 Å². The Morgan fingerprint density at radius 1 is 1.73 bits per heavy atom. The first-order valence-corrected chi connectivity index (χ1v) is 5.08. The second-order valence-electron chi connectivity index (χ2n) is 3.83. The smallest absolute Gasteiger partial charge is 0.310 e. The van der Waals surface area contributed by atoms with Gasteiger partial charge in [-0.2, -0.15) is 0 Å². The van der Waals surface area contributed by atoms with Crippen molar-refractivity contribution in [3.05, 3.63) is 0 Å². The molecule has 1 N–H and O–H groups in total. The number of methoxy groups -OCH3 is 1. The Labute approximate surface area is 89.0 Å². The highest BCUT2D eigenvalue weighted by molar-refractivity contribution is 5.86. The van der Waals surface area contributed by atoms with Gasteiger partial charge in [-0.1, -0.05) is 0 Å². The second kappa shape index (κ2) is 5.11. The summed E-state index contributed by atoms with van der Waals surface area (Å²) in [6, 6.07) is -0.0165. The normalized spacial score (nSPS) is 23.0. The fraction of sp³-hybridized carbons (Fsp3) is 0.800. The number of amides is 1. The van der Waals surface area contributed by atoms with Crippen molar-refractivity contribution in [2.45, 2.75) is 25.8 Å². The summed E-state index contributed by atoms with van der Waals surface area (Å²) in [7, 11) is 1.33. The van der Waals surface area contributed by atoms with Gasteiger partial charge in [0.2, 0.25) is 5.91 Å². The summed E-state index contributed by atoms with van der Waals surface area (Å²) in [4.78, 5) is 24.4. The van der Waals surface area contributed by atoms with Crippen LogP contribution in [-0.4, -0.2) is 48.2 Å². The lowest BCUT2D eigenvalue weighted by Crippen LogP contribution is -2.35. The number of esters is 1. The second-order valence-corrected chi connectivity index (χ2v) is 3.83. The Hall–Kier alpha value is -1.10. The molecule has 5 heteroatoms. The van der Waals surface area contributed by atoms with Crippen molar-refractivity contribution in [1.82, 2.24) is 4.90 Å². The highest BCUT2D eigenvalue weighted by atomic mass is 16.5. The fourth-order valence-corrected chi connectivity index (χ4v) is 1.82. The van der Waals surface area contributed by atoms with E-state index in [4.69, 9.17) is 5.11 Å². The third kappa shape index (κ3) is 2.68. The summed E-state index contributed by atoms with van der Waals surface area (Å²) < 4.78 is 4.60. The molecule has 1 fully saturated rings. The van der Waals surface area contributed by atoms with Gasteiger partial charge >= 0.3 is 5.97 Å². The van der Waals surface area contributed by atoms with Crippen molar-refractivity contribution >= 4 is 11.9 Å². The molecule has 1 saturated heterocycles. The predicted octanol–water partition coefficient (Wildman–Crippen LogP) is -0.221. The Bertz CT molecular complexity index is 254. The summed E-state index contributed by atoms with van der Waals surface area (Å²) in [5.74, 6) is -0.711. The van der Waals surface area contributed by atoms with Crippen LogP contribution in [0.1, 0.15) is 19.8 Å². The molecule has 0 saturated carbocycles. The van der Waals surface area contributed by atoms with E-state index in [0.29, 0.717) is 13.0 Å². The summed E-state index contributed by atoms with van der Waals surface area (Å²) >= 11 is 0. The van der Waals surface area contributed by atoms with Crippen LogP contribution < -0.4 is 0 Å². The Kier molecular flexibility index (Phi) is 4.08. The van der Waals surface area contributed by atoms with Gasteiger partial charge in [0, 0.05) is 25.6 Å². The molecule has 0 bridgehead atoms. The van der Waals surface area contributed by atoms with Crippen molar-refractivity contribution in [2.75, 3.05) is 20.3 Å². The SMILES string of the molecule is COC(=O)C1CC(=O)N([C@H](C)CCO)C1. The molecule has 1 rings (SSSR count). The largest absolute Gasteiger partial charge is 0.469 e. The van der Waals surface area contributed by atoms with Gasteiger partial charge in [0.15, 0.2) is 0 Å². The van der Waals surface area contributed by atoms with Crippen molar-refractivity contribution in [3.8, 4) is 0 Å². The van der Waals surface area contributed by atoms with E-state index in [9.17, 15) is 9.59 Å². The zero-order chi connectivity index (χ0) is 11.4. The van der Waals surface area contributed by atoms with E-state index in [1.165, 1.54) is 7.11 Å². The number of aliphatic hydroxyl groups excluding tert-OH is 1. The molecular weight excluding hydrogens is 198 g/mol. The number of hydrogen-bond acceptors (Lipinski definition) is 4. The minimum atomic E-state index is -0.344. The van der Waals surface area contributed by atoms with Crippen LogP contribution in [0.25, 0.3) is 0 Å². The molecule has 0 aromatic rings. The fourth-order valence-electron chi connectivity index (χ4n) is 1.82. The zero-order valence-corrected chi connectivity index (χ0v) is 9.10. The number of ether oxygens (including phenoxy) is 1. The number of rotatable bonds is 4. The van der Waals surface area contributed by atoms with Gasteiger partial charge in [-0.05, 0) is 13.3 Å². The minimum Gasteiger partial charge on any atom is -0.469 e. The molecule has 1 unspecified atom stereocenters. The molecular formula is C10H17NO4. The molecule has 0 aromatic heterocycles. The van der Waals surface area contributed by atoms with Crippen LogP contribution in [0.3, 0.4) is 0 Å². The van der Waals surface area contributed by atoms with Gasteiger partial charge < -0.3 is 14.7 Å². The molecule has 15 heavy (non-hydrogen) atoms. The Morgan fingerprint density at radius 2 is 2.40 bits per heavy atom. The molecule has 2 atom stereocenters. The van der Waals surface area contributed by atoms with Crippen molar-refractivity contribution < 1.29 is 19.4 Å². The molecule has 0 aliphatic carbocycles. The van der Waals surface area contributed by atoms with Crippen LogP contribution >= 0.6 is 0 Å². The van der Waals surface area contributed by atoms with Crippen molar-refractivity contribution in [2.24, 2.45) is 5.92 Å². The molecule has 5 nitrogen and oxygen atoms in total. The molecule has 86 valence electrons. The van der Waals surface area contributed by atoms with Gasteiger partial charge in [-0.15, -0.1) is 0 Å². The number of carbonyl (C=O) groups excluding carboxylic acids is 2. The first-order valence-electron chi connectivity index (χ1n) is 5.08. The maximum absolute atomic E-state index is 11.6. The monoisotopic (exact) mass is 215 g/mol. The maximum atomic E-state index is 11.6. The third-order valence-electron chi connectivity index (χ3n) is 2.77. The topological polar surface area (TPSA) is 66.8 Å². The summed E-state index contributed by atoms with van der Waals surface area (Å²) in [5.41, 5.74) is 0. The lowest BCUT2D eigenvalue weighted by molar-refractivity contribution is -0.145. The van der Waals surface area contributed by atoms with Crippen LogP contribution in [0.15, 0.2) is 0 Å². The minimum absolute atomic E-state index is 0.0165. The standard InChI is InChI=1S/C10H17NO4/c1-7(3-4-12)11-6-8(5-9(11)13)10(14)15-2/h7-8,12H,3-6H2,1-2H3/t7-,8?/m1/s1. The molecule has 1 aliphatic rings. The van der Waals surface area contributed by atoms with E-state index in [0.717, 1.165) is 0 Å². The lowest BCUT2D eigenvalue weighted by atomic mass is 10.1. The highest BCUT2D eigenvalue weighted by Crippen LogP contribution is 2.22. The van der Waals surface area contributed by atoms with Crippen LogP contribution in [0, 0.1) is 5.92 Å². The Morgan fingerprint density at radius 3 is 2.93 bits per heavy atom. The molecule has 0 spiro atoms. The summed E-state index contributed by atoms with van der Waals surface area (Å²) in [5, 5.41) is 8.77. The van der Waals surface area contributed by atoms with E-state index in [-0.39, 0.29) is 36.9 Å². The molecule has 0 aromatic carbocycles. The number of hydrogen-bond donors (Lipinski definition) is 1. The van der Waals surface area contributed by atoms with E-state index in [2.05, 4.69) is 4.74 Å². The van der Waals surface area contributed by atoms with Crippen LogP contribution in [0.2, 0.25) is 0 Å². The van der Waals surface area contributed by atoms with Gasteiger partial charge in [0.25, 0.3) is 0 Å². The molecule has 1 amide bonds. The summed E-state index contributed by atoms with van der Waals surface area (Å²) in [6.07, 6.45) is 0.766. The summed E-state index contributed by atoms with van der Waals surface area (Å²) in [6.45, 7) is 2.33. The average Bonchev–Trinajstić information content (AvgIpc) is 2.59. The lowest BCUT2D eigenvalue weighted by Gasteiger charge is -2.23. The zero-order valence-electron chi connectivity index (χ0n) is 9.10. The van der Waals surface area contributed by atoms with E-state index in [1.54, 1.807) is 4.90 Å². The quantitative estimate of drug-likeness (QED) is 0.658. The molecule has 0 radical (unpaired) electrons. The van der Waals surface area contributed by atoms with Crippen LogP contribution in [0.4, 0.5) is 0 Å². The predicted molar refractivity (Wildman–Crippen MR) is 53.0 cm³/mol. The van der Waals surface area contributed by atoms with E-state index >= 15 is 0 Å². The van der Waals surface area contributed by atoms with Crippen molar-refractivity contribution in [3.63, 3.8) is 0 Å². The van der Waals surface area contributed by atoms with E-state index < -0.39 is 0 Å². The molecule has 1 aliphatic heterocycles. The van der Waals surface area contributed by atoms with Gasteiger partial charge in [0.05, 0.1) is 13.0 Å². The molecule has 1 heterocycles. The number of likely N-dealkylation sites (tertiary alicyclic amines) is 1. The number of aliphatic hydroxyl groups is 1. The number of nitrogens with zero attached hydrogens (tertiary/aromatic N) is 1. The third-order valence-corrected chi connectivity index (χ3v) is 2.77. The average molecular weight is 215 g/mol.